The second kappa shape index (κ2) is 3.16. The summed E-state index contributed by atoms with van der Waals surface area (Å²) in [6.07, 6.45) is 0. The molecule has 0 aliphatic heterocycles. The fourth-order valence-electron chi connectivity index (χ4n) is 0. The van der Waals surface area contributed by atoms with Gasteiger partial charge in [-0.2, -0.15) is 0 Å². The number of hydrogen-bond donors (Lipinski definition) is 1. The van der Waals surface area contributed by atoms with Crippen LogP contribution in [0.1, 0.15) is 0 Å². The molecule has 0 heterocycles. The van der Waals surface area contributed by atoms with E-state index in [4.69, 9.17) is 46.4 Å². The molecule has 0 fully saturated rings. The van der Waals surface area contributed by atoms with Gasteiger partial charge in [0.1, 0.15) is 0 Å². The Morgan fingerprint density at radius 2 is 0.833 bits per heavy atom. The standard InChI is InChI=1S/CCl4.H3N/c2-1(3,4)5;/h;1H3. The van der Waals surface area contributed by atoms with E-state index in [1.54, 1.807) is 0 Å². The van der Waals surface area contributed by atoms with Crippen molar-refractivity contribution in [1.29, 1.82) is 0 Å². The normalized spacial score (nSPS) is 10.0. The number of alkyl halides is 4. The molecule has 5 heteroatoms. The van der Waals surface area contributed by atoms with E-state index in [0.717, 1.165) is 0 Å². The zero-order chi connectivity index (χ0) is 4.50. The second-order valence-electron chi connectivity index (χ2n) is 0.429. The van der Waals surface area contributed by atoms with Crippen molar-refractivity contribution in [3.05, 3.63) is 0 Å². The van der Waals surface area contributed by atoms with Crippen molar-refractivity contribution in [2.45, 2.75) is 3.25 Å². The van der Waals surface area contributed by atoms with Crippen LogP contribution in [0, 0.1) is 0 Å². The molecule has 40 valence electrons. The van der Waals surface area contributed by atoms with E-state index in [1.807, 2.05) is 0 Å². The zero-order valence-corrected chi connectivity index (χ0v) is 5.74. The summed E-state index contributed by atoms with van der Waals surface area (Å²) in [4.78, 5) is 0. The minimum atomic E-state index is -1.61. The molecule has 0 rings (SSSR count). The summed E-state index contributed by atoms with van der Waals surface area (Å²) in [6.45, 7) is 0. The first-order valence-electron chi connectivity index (χ1n) is 0.756. The second-order valence-corrected chi connectivity index (χ2v) is 3.86. The molecule has 0 spiro atoms. The maximum Gasteiger partial charge on any atom is 0.266 e. The van der Waals surface area contributed by atoms with E-state index < -0.39 is 3.25 Å². The van der Waals surface area contributed by atoms with Crippen LogP contribution < -0.4 is 6.15 Å². The van der Waals surface area contributed by atoms with Crippen LogP contribution in [0.3, 0.4) is 0 Å². The first-order chi connectivity index (χ1) is 2.00. The molecule has 1 nitrogen and oxygen atoms in total. The van der Waals surface area contributed by atoms with E-state index in [0.29, 0.717) is 0 Å². The van der Waals surface area contributed by atoms with Gasteiger partial charge in [-0.15, -0.1) is 0 Å². The highest BCUT2D eigenvalue weighted by Gasteiger charge is 2.11. The van der Waals surface area contributed by atoms with Crippen molar-refractivity contribution >= 4 is 46.4 Å². The van der Waals surface area contributed by atoms with Crippen molar-refractivity contribution in [3.63, 3.8) is 0 Å². The quantitative estimate of drug-likeness (QED) is 0.558. The topological polar surface area (TPSA) is 35.0 Å². The highest BCUT2D eigenvalue weighted by molar-refractivity contribution is 6.83. The Morgan fingerprint density at radius 1 is 0.833 bits per heavy atom. The summed E-state index contributed by atoms with van der Waals surface area (Å²) in [6, 6.07) is 0. The third-order valence-electron chi connectivity index (χ3n) is 0. The van der Waals surface area contributed by atoms with Crippen molar-refractivity contribution in [1.82, 2.24) is 6.15 Å². The van der Waals surface area contributed by atoms with E-state index in [9.17, 15) is 0 Å². The van der Waals surface area contributed by atoms with Crippen LogP contribution in [0.4, 0.5) is 0 Å². The van der Waals surface area contributed by atoms with Gasteiger partial charge in [0, 0.05) is 0 Å². The molecule has 3 N–H and O–H groups in total. The first kappa shape index (κ1) is 10.2. The lowest BCUT2D eigenvalue weighted by molar-refractivity contribution is 1.76. The lowest BCUT2D eigenvalue weighted by atomic mass is 11.8. The van der Waals surface area contributed by atoms with Crippen molar-refractivity contribution in [2.24, 2.45) is 0 Å². The summed E-state index contributed by atoms with van der Waals surface area (Å²) in [5.41, 5.74) is 0. The highest BCUT2D eigenvalue weighted by Crippen LogP contribution is 2.29. The molecular formula is CH3Cl4N. The largest absolute Gasteiger partial charge is 0.344 e. The highest BCUT2D eigenvalue weighted by atomic mass is 35.6. The predicted octanol–water partition coefficient (Wildman–Crippen LogP) is 2.71. The molecule has 0 saturated carbocycles. The SMILES string of the molecule is ClC(Cl)(Cl)Cl.N. The molecule has 0 aromatic carbocycles. The Balaban J connectivity index is 0. The molecule has 0 bridgehead atoms. The Bertz CT molecular complexity index is 23.0. The molecule has 0 atom stereocenters. The summed E-state index contributed by atoms with van der Waals surface area (Å²) in [5.74, 6) is 0. The molecule has 6 heavy (non-hydrogen) atoms. The Morgan fingerprint density at radius 3 is 0.833 bits per heavy atom. The Hall–Kier alpha value is 1.12. The fraction of sp³-hybridized carbons (Fsp3) is 1.00. The zero-order valence-electron chi connectivity index (χ0n) is 2.72. The fourth-order valence-corrected chi connectivity index (χ4v) is 0. The minimum Gasteiger partial charge on any atom is -0.344 e. The molecule has 0 radical (unpaired) electrons. The van der Waals surface area contributed by atoms with Crippen molar-refractivity contribution in [3.8, 4) is 0 Å². The molecule has 0 unspecified atom stereocenters. The third-order valence-corrected chi connectivity index (χ3v) is 0. The van der Waals surface area contributed by atoms with Crippen LogP contribution in [0.2, 0.25) is 0 Å². The maximum atomic E-state index is 4.83. The average Bonchev–Trinajstić information content (AvgIpc) is 0.722. The number of hydrogen-bond acceptors (Lipinski definition) is 1. The number of halogens is 4. The van der Waals surface area contributed by atoms with Gasteiger partial charge in [-0.25, -0.2) is 0 Å². The summed E-state index contributed by atoms with van der Waals surface area (Å²) >= 11 is 19.3. The van der Waals surface area contributed by atoms with Gasteiger partial charge in [0.2, 0.25) is 0 Å². The van der Waals surface area contributed by atoms with Gasteiger partial charge in [-0.3, -0.25) is 0 Å². The lowest BCUT2D eigenvalue weighted by Gasteiger charge is -1.91. The molecule has 0 saturated heterocycles. The van der Waals surface area contributed by atoms with Gasteiger partial charge < -0.3 is 6.15 Å². The minimum absolute atomic E-state index is 0. The average molecular weight is 171 g/mol. The Labute approximate surface area is 56.1 Å². The third kappa shape index (κ3) is 69.3. The van der Waals surface area contributed by atoms with E-state index in [1.165, 1.54) is 0 Å². The van der Waals surface area contributed by atoms with Crippen molar-refractivity contribution in [2.75, 3.05) is 0 Å². The summed E-state index contributed by atoms with van der Waals surface area (Å²) in [5, 5.41) is 0. The van der Waals surface area contributed by atoms with E-state index >= 15 is 0 Å². The molecule has 0 aromatic rings. The molecular weight excluding hydrogens is 168 g/mol. The summed E-state index contributed by atoms with van der Waals surface area (Å²) in [7, 11) is 0. The molecule has 0 aromatic heterocycles. The van der Waals surface area contributed by atoms with Gasteiger partial charge in [-0.1, -0.05) is 46.4 Å². The maximum absolute atomic E-state index is 4.83. The van der Waals surface area contributed by atoms with Crippen LogP contribution in [-0.2, 0) is 0 Å². The van der Waals surface area contributed by atoms with Crippen LogP contribution in [0.5, 0.6) is 0 Å². The van der Waals surface area contributed by atoms with Gasteiger partial charge >= 0.3 is 0 Å². The van der Waals surface area contributed by atoms with Crippen LogP contribution in [0.15, 0.2) is 0 Å². The van der Waals surface area contributed by atoms with Gasteiger partial charge in [0.25, 0.3) is 3.25 Å². The first-order valence-corrected chi connectivity index (χ1v) is 2.27. The molecule has 0 aliphatic carbocycles. The van der Waals surface area contributed by atoms with Gasteiger partial charge in [0.05, 0.1) is 0 Å². The van der Waals surface area contributed by atoms with Gasteiger partial charge in [0.15, 0.2) is 0 Å². The molecule has 0 aliphatic rings. The van der Waals surface area contributed by atoms with Crippen LogP contribution >= 0.6 is 46.4 Å². The van der Waals surface area contributed by atoms with Crippen LogP contribution in [-0.4, -0.2) is 3.25 Å². The monoisotopic (exact) mass is 169 g/mol. The lowest BCUT2D eigenvalue weighted by Crippen LogP contribution is -1.81. The predicted molar refractivity (Wildman–Crippen MR) is 31.2 cm³/mol. The van der Waals surface area contributed by atoms with E-state index in [2.05, 4.69) is 0 Å². The van der Waals surface area contributed by atoms with Crippen LogP contribution in [0.25, 0.3) is 0 Å². The number of rotatable bonds is 0. The summed E-state index contributed by atoms with van der Waals surface area (Å²) < 4.78 is -1.61. The Kier molecular flexibility index (Phi) is 5.37. The van der Waals surface area contributed by atoms with Gasteiger partial charge in [-0.05, 0) is 0 Å². The smallest absolute Gasteiger partial charge is 0.266 e. The van der Waals surface area contributed by atoms with Crippen molar-refractivity contribution < 1.29 is 0 Å². The van der Waals surface area contributed by atoms with E-state index in [-0.39, 0.29) is 6.15 Å². The molecule has 0 amide bonds.